The van der Waals surface area contributed by atoms with Crippen LogP contribution < -0.4 is 10.1 Å². The van der Waals surface area contributed by atoms with Crippen LogP contribution in [0.15, 0.2) is 6.07 Å². The van der Waals surface area contributed by atoms with Crippen molar-refractivity contribution in [1.29, 1.82) is 0 Å². The molecule has 17 heavy (non-hydrogen) atoms. The molecule has 1 aromatic rings. The van der Waals surface area contributed by atoms with Crippen LogP contribution in [0.25, 0.3) is 0 Å². The molecule has 0 aromatic heterocycles. The Balaban J connectivity index is 2.46. The van der Waals surface area contributed by atoms with Gasteiger partial charge in [0, 0.05) is 29.7 Å². The maximum Gasteiger partial charge on any atom is 0.163 e. The molecule has 1 aliphatic heterocycles. The number of morpholine rings is 1. The molecule has 1 atom stereocenters. The molecule has 1 fully saturated rings. The van der Waals surface area contributed by atoms with Crippen molar-refractivity contribution in [2.24, 2.45) is 0 Å². The van der Waals surface area contributed by atoms with Crippen molar-refractivity contribution >= 4 is 11.6 Å². The highest BCUT2D eigenvalue weighted by atomic mass is 35.5. The highest BCUT2D eigenvalue weighted by molar-refractivity contribution is 6.31. The molecule has 0 amide bonds. The van der Waals surface area contributed by atoms with Gasteiger partial charge in [-0.2, -0.15) is 0 Å². The second-order valence-corrected chi connectivity index (χ2v) is 4.42. The Bertz CT molecular complexity index is 417. The van der Waals surface area contributed by atoms with Gasteiger partial charge in [0.2, 0.25) is 0 Å². The average molecular weight is 258 g/mol. The van der Waals surface area contributed by atoms with E-state index in [0.717, 1.165) is 12.1 Å². The normalized spacial score (nSPS) is 20.3. The van der Waals surface area contributed by atoms with E-state index >= 15 is 0 Å². The third kappa shape index (κ3) is 2.34. The molecule has 0 radical (unpaired) electrons. The average Bonchev–Trinajstić information content (AvgIpc) is 2.35. The van der Waals surface area contributed by atoms with E-state index in [-0.39, 0.29) is 11.9 Å². The molecule has 1 unspecified atom stereocenters. The number of methoxy groups -OCH3 is 1. The number of halogens is 1. The summed E-state index contributed by atoms with van der Waals surface area (Å²) in [6.45, 7) is 3.99. The van der Waals surface area contributed by atoms with E-state index in [1.165, 1.54) is 7.11 Å². The van der Waals surface area contributed by atoms with E-state index in [1.807, 2.05) is 6.92 Å². The van der Waals surface area contributed by atoms with Gasteiger partial charge in [-0.1, -0.05) is 11.6 Å². The monoisotopic (exact) mass is 257 g/mol. The SMILES string of the molecule is COc1cc(Cl)c(C)c(C2CNCCO2)c1O. The summed E-state index contributed by atoms with van der Waals surface area (Å²) in [4.78, 5) is 0. The van der Waals surface area contributed by atoms with E-state index in [4.69, 9.17) is 21.1 Å². The second-order valence-electron chi connectivity index (χ2n) is 4.01. The van der Waals surface area contributed by atoms with Crippen LogP contribution in [0.2, 0.25) is 5.02 Å². The number of phenolic OH excluding ortho intramolecular Hbond substituents is 1. The first-order valence-electron chi connectivity index (χ1n) is 5.53. The van der Waals surface area contributed by atoms with Gasteiger partial charge >= 0.3 is 0 Å². The van der Waals surface area contributed by atoms with Crippen LogP contribution in [-0.2, 0) is 4.74 Å². The maximum absolute atomic E-state index is 10.2. The molecular formula is C12H16ClNO3. The zero-order valence-electron chi connectivity index (χ0n) is 9.92. The molecule has 0 bridgehead atoms. The largest absolute Gasteiger partial charge is 0.504 e. The minimum atomic E-state index is -0.184. The lowest BCUT2D eigenvalue weighted by Gasteiger charge is -2.26. The van der Waals surface area contributed by atoms with Crippen molar-refractivity contribution in [2.75, 3.05) is 26.8 Å². The zero-order chi connectivity index (χ0) is 12.4. The molecule has 2 N–H and O–H groups in total. The molecular weight excluding hydrogens is 242 g/mol. The number of nitrogens with one attached hydrogen (secondary N) is 1. The van der Waals surface area contributed by atoms with Crippen LogP contribution in [0.5, 0.6) is 11.5 Å². The Morgan fingerprint density at radius 1 is 1.59 bits per heavy atom. The minimum Gasteiger partial charge on any atom is -0.504 e. The molecule has 94 valence electrons. The van der Waals surface area contributed by atoms with Gasteiger partial charge in [-0.05, 0) is 12.5 Å². The van der Waals surface area contributed by atoms with Crippen LogP contribution in [-0.4, -0.2) is 31.9 Å². The first-order valence-corrected chi connectivity index (χ1v) is 5.91. The van der Waals surface area contributed by atoms with Crippen LogP contribution in [0.1, 0.15) is 17.2 Å². The number of hydrogen-bond donors (Lipinski definition) is 2. The highest BCUT2D eigenvalue weighted by Gasteiger charge is 2.24. The van der Waals surface area contributed by atoms with Crippen molar-refractivity contribution < 1.29 is 14.6 Å². The Labute approximate surface area is 105 Å². The van der Waals surface area contributed by atoms with Gasteiger partial charge in [0.25, 0.3) is 0 Å². The molecule has 1 saturated heterocycles. The summed E-state index contributed by atoms with van der Waals surface area (Å²) in [6, 6.07) is 1.62. The molecule has 0 aliphatic carbocycles. The maximum atomic E-state index is 10.2. The van der Waals surface area contributed by atoms with Crippen LogP contribution in [0, 0.1) is 6.92 Å². The number of hydrogen-bond acceptors (Lipinski definition) is 4. The fourth-order valence-electron chi connectivity index (χ4n) is 2.03. The Morgan fingerprint density at radius 3 is 2.94 bits per heavy atom. The van der Waals surface area contributed by atoms with Crippen LogP contribution >= 0.6 is 11.6 Å². The first kappa shape index (κ1) is 12.5. The lowest BCUT2D eigenvalue weighted by molar-refractivity contribution is 0.0257. The van der Waals surface area contributed by atoms with E-state index in [1.54, 1.807) is 6.07 Å². The van der Waals surface area contributed by atoms with Gasteiger partial charge in [0.15, 0.2) is 11.5 Å². The van der Waals surface area contributed by atoms with Gasteiger partial charge in [0.05, 0.1) is 19.8 Å². The third-order valence-corrected chi connectivity index (χ3v) is 3.37. The lowest BCUT2D eigenvalue weighted by atomic mass is 10.0. The van der Waals surface area contributed by atoms with E-state index in [2.05, 4.69) is 5.32 Å². The van der Waals surface area contributed by atoms with Crippen molar-refractivity contribution in [3.63, 3.8) is 0 Å². The van der Waals surface area contributed by atoms with E-state index in [9.17, 15) is 5.11 Å². The summed E-state index contributed by atoms with van der Waals surface area (Å²) in [5.41, 5.74) is 1.54. The van der Waals surface area contributed by atoms with Gasteiger partial charge in [-0.3, -0.25) is 0 Å². The van der Waals surface area contributed by atoms with E-state index < -0.39 is 0 Å². The van der Waals surface area contributed by atoms with Gasteiger partial charge in [-0.15, -0.1) is 0 Å². The van der Waals surface area contributed by atoms with Crippen LogP contribution in [0.3, 0.4) is 0 Å². The summed E-state index contributed by atoms with van der Waals surface area (Å²) in [7, 11) is 1.50. The second kappa shape index (κ2) is 5.12. The summed E-state index contributed by atoms with van der Waals surface area (Å²) in [5, 5.41) is 14.0. The number of aromatic hydroxyl groups is 1. The Kier molecular flexibility index (Phi) is 3.76. The Hall–Kier alpha value is -0.970. The van der Waals surface area contributed by atoms with E-state index in [0.29, 0.717) is 29.5 Å². The van der Waals surface area contributed by atoms with Gasteiger partial charge in [0.1, 0.15) is 0 Å². The fraction of sp³-hybridized carbons (Fsp3) is 0.500. The molecule has 1 aromatic carbocycles. The van der Waals surface area contributed by atoms with Crippen molar-refractivity contribution in [3.8, 4) is 11.5 Å². The van der Waals surface area contributed by atoms with Crippen molar-refractivity contribution in [3.05, 3.63) is 22.2 Å². The minimum absolute atomic E-state index is 0.114. The standard InChI is InChI=1S/C12H16ClNO3/c1-7-8(13)5-9(16-2)12(15)11(7)10-6-14-3-4-17-10/h5,10,14-15H,3-4,6H2,1-2H3. The predicted octanol–water partition coefficient (Wildman–Crippen LogP) is 2.02. The third-order valence-electron chi connectivity index (χ3n) is 2.98. The summed E-state index contributed by atoms with van der Waals surface area (Å²) < 4.78 is 10.7. The zero-order valence-corrected chi connectivity index (χ0v) is 10.7. The number of phenols is 1. The Morgan fingerprint density at radius 2 is 2.35 bits per heavy atom. The molecule has 5 heteroatoms. The number of rotatable bonds is 2. The summed E-state index contributed by atoms with van der Waals surface area (Å²) in [5.74, 6) is 0.493. The van der Waals surface area contributed by atoms with Crippen molar-refractivity contribution in [2.45, 2.75) is 13.0 Å². The molecule has 1 aliphatic rings. The van der Waals surface area contributed by atoms with Crippen molar-refractivity contribution in [1.82, 2.24) is 5.32 Å². The van der Waals surface area contributed by atoms with Crippen LogP contribution in [0.4, 0.5) is 0 Å². The highest BCUT2D eigenvalue weighted by Crippen LogP contribution is 2.41. The summed E-state index contributed by atoms with van der Waals surface area (Å²) >= 11 is 6.12. The smallest absolute Gasteiger partial charge is 0.163 e. The van der Waals surface area contributed by atoms with Gasteiger partial charge in [-0.25, -0.2) is 0 Å². The molecule has 1 heterocycles. The number of benzene rings is 1. The number of ether oxygens (including phenoxy) is 2. The fourth-order valence-corrected chi connectivity index (χ4v) is 2.23. The summed E-state index contributed by atoms with van der Waals surface area (Å²) in [6.07, 6.45) is -0.184. The topological polar surface area (TPSA) is 50.7 Å². The lowest BCUT2D eigenvalue weighted by Crippen LogP contribution is -2.33. The quantitative estimate of drug-likeness (QED) is 0.851. The molecule has 0 saturated carbocycles. The molecule has 2 rings (SSSR count). The molecule has 4 nitrogen and oxygen atoms in total. The van der Waals surface area contributed by atoms with Gasteiger partial charge < -0.3 is 19.9 Å². The predicted molar refractivity (Wildman–Crippen MR) is 66.0 cm³/mol. The first-order chi connectivity index (χ1) is 8.15. The molecule has 0 spiro atoms.